The molecule has 0 bridgehead atoms. The SMILES string of the molecule is COc1cc(OC)c2c(c1Cl)O[C@]1(C2=O)C(O)=C(C(CC(=O)NCc2nc(C(C)C)no2)c2ccc(SC)cc2)C(=O)C[C@H]1C. The highest BCUT2D eigenvalue weighted by molar-refractivity contribution is 7.98. The second-order valence-corrected chi connectivity index (χ2v) is 12.5. The molecule has 45 heavy (non-hydrogen) atoms. The molecule has 0 saturated heterocycles. The van der Waals surface area contributed by atoms with Gasteiger partial charge in [0, 0.05) is 47.1 Å². The van der Waals surface area contributed by atoms with Crippen molar-refractivity contribution in [1.82, 2.24) is 15.5 Å². The highest BCUT2D eigenvalue weighted by Gasteiger charge is 2.61. The number of benzene rings is 2. The Labute approximate surface area is 269 Å². The van der Waals surface area contributed by atoms with Crippen molar-refractivity contribution < 1.29 is 38.2 Å². The van der Waals surface area contributed by atoms with Crippen LogP contribution in [0.2, 0.25) is 5.02 Å². The Morgan fingerprint density at radius 3 is 2.49 bits per heavy atom. The number of amides is 1. The molecule has 1 spiro atoms. The molecule has 0 saturated carbocycles. The predicted molar refractivity (Wildman–Crippen MR) is 167 cm³/mol. The summed E-state index contributed by atoms with van der Waals surface area (Å²) in [5.41, 5.74) is -1.42. The van der Waals surface area contributed by atoms with E-state index >= 15 is 0 Å². The Morgan fingerprint density at radius 1 is 1.20 bits per heavy atom. The first-order valence-electron chi connectivity index (χ1n) is 14.3. The molecule has 5 rings (SSSR count). The highest BCUT2D eigenvalue weighted by Crippen LogP contribution is 2.55. The summed E-state index contributed by atoms with van der Waals surface area (Å²) in [6.07, 6.45) is 1.58. The van der Waals surface area contributed by atoms with Gasteiger partial charge in [0.05, 0.1) is 20.8 Å². The monoisotopic (exact) mass is 655 g/mol. The third kappa shape index (κ3) is 5.65. The fraction of sp³-hybridized carbons (Fsp3) is 0.406. The van der Waals surface area contributed by atoms with Crippen molar-refractivity contribution in [2.45, 2.75) is 62.5 Å². The number of rotatable bonds is 10. The molecule has 2 N–H and O–H groups in total. The molecule has 1 aromatic heterocycles. The molecule has 1 amide bonds. The first kappa shape index (κ1) is 32.4. The molecule has 3 atom stereocenters. The van der Waals surface area contributed by atoms with E-state index in [2.05, 4.69) is 15.5 Å². The molecule has 0 fully saturated rings. The van der Waals surface area contributed by atoms with Crippen molar-refractivity contribution >= 4 is 40.8 Å². The molecular weight excluding hydrogens is 622 g/mol. The Hall–Kier alpha value is -4.03. The lowest BCUT2D eigenvalue weighted by Crippen LogP contribution is -2.53. The van der Waals surface area contributed by atoms with Gasteiger partial charge in [-0.05, 0) is 24.0 Å². The van der Waals surface area contributed by atoms with E-state index in [1.807, 2.05) is 32.2 Å². The van der Waals surface area contributed by atoms with Crippen LogP contribution in [0.1, 0.15) is 73.1 Å². The average molecular weight is 656 g/mol. The lowest BCUT2D eigenvalue weighted by Gasteiger charge is -2.38. The Bertz CT molecular complexity index is 1690. The van der Waals surface area contributed by atoms with E-state index < -0.39 is 40.7 Å². The number of hydrogen-bond donors (Lipinski definition) is 2. The molecule has 238 valence electrons. The van der Waals surface area contributed by atoms with Gasteiger partial charge in [-0.15, -0.1) is 11.8 Å². The largest absolute Gasteiger partial charge is 0.507 e. The van der Waals surface area contributed by atoms with E-state index in [0.717, 1.165) is 4.90 Å². The molecule has 13 heteroatoms. The van der Waals surface area contributed by atoms with E-state index in [1.54, 1.807) is 19.1 Å². The number of hydrogen-bond acceptors (Lipinski definition) is 11. The molecule has 3 aromatic rings. The number of ketones is 2. The van der Waals surface area contributed by atoms with Crippen LogP contribution in [0.25, 0.3) is 0 Å². The number of nitrogens with one attached hydrogen (secondary N) is 1. The van der Waals surface area contributed by atoms with E-state index in [4.69, 9.17) is 30.3 Å². The second-order valence-electron chi connectivity index (χ2n) is 11.3. The third-order valence-corrected chi connectivity index (χ3v) is 9.31. The highest BCUT2D eigenvalue weighted by atomic mass is 35.5. The van der Waals surface area contributed by atoms with Crippen LogP contribution in [0.5, 0.6) is 17.2 Å². The van der Waals surface area contributed by atoms with Crippen LogP contribution in [0.4, 0.5) is 0 Å². The van der Waals surface area contributed by atoms with Gasteiger partial charge in [-0.25, -0.2) is 0 Å². The molecule has 0 radical (unpaired) electrons. The number of methoxy groups -OCH3 is 2. The summed E-state index contributed by atoms with van der Waals surface area (Å²) < 4.78 is 22.3. The smallest absolute Gasteiger partial charge is 0.246 e. The van der Waals surface area contributed by atoms with Crippen molar-refractivity contribution in [2.75, 3.05) is 20.5 Å². The van der Waals surface area contributed by atoms with Gasteiger partial charge in [-0.2, -0.15) is 4.98 Å². The Kier molecular flexibility index (Phi) is 9.18. The lowest BCUT2D eigenvalue weighted by atomic mass is 9.69. The van der Waals surface area contributed by atoms with Gasteiger partial charge in [0.2, 0.25) is 23.2 Å². The average Bonchev–Trinajstić information content (AvgIpc) is 3.63. The maximum absolute atomic E-state index is 14.2. The minimum absolute atomic E-state index is 0.0103. The van der Waals surface area contributed by atoms with E-state index in [0.29, 0.717) is 11.4 Å². The summed E-state index contributed by atoms with van der Waals surface area (Å²) in [6.45, 7) is 5.48. The van der Waals surface area contributed by atoms with Gasteiger partial charge < -0.3 is 29.2 Å². The van der Waals surface area contributed by atoms with E-state index in [-0.39, 0.29) is 64.6 Å². The molecule has 11 nitrogen and oxygen atoms in total. The minimum Gasteiger partial charge on any atom is -0.507 e. The van der Waals surface area contributed by atoms with E-state index in [1.165, 1.54) is 32.0 Å². The number of fused-ring (bicyclic) bond motifs is 1. The minimum atomic E-state index is -1.97. The summed E-state index contributed by atoms with van der Waals surface area (Å²) in [5, 5.41) is 18.7. The van der Waals surface area contributed by atoms with Gasteiger partial charge in [0.25, 0.3) is 0 Å². The number of carbonyl (C=O) groups is 3. The lowest BCUT2D eigenvalue weighted by molar-refractivity contribution is -0.122. The van der Waals surface area contributed by atoms with Crippen LogP contribution in [-0.2, 0) is 16.1 Å². The quantitative estimate of drug-likeness (QED) is 0.255. The summed E-state index contributed by atoms with van der Waals surface area (Å²) >= 11 is 8.11. The number of aromatic nitrogens is 2. The van der Waals surface area contributed by atoms with Crippen LogP contribution in [-0.4, -0.2) is 58.8 Å². The zero-order valence-corrected chi connectivity index (χ0v) is 27.3. The number of carbonyl (C=O) groups excluding carboxylic acids is 3. The van der Waals surface area contributed by atoms with Gasteiger partial charge in [-0.1, -0.05) is 49.7 Å². The zero-order chi connectivity index (χ0) is 32.6. The standard InChI is InChI=1S/C32H34ClN3O8S/c1-15(2)31-35-24(44-36-31)14-34-23(38)12-19(17-7-9-18(45-6)10-8-17)25-20(37)11-16(3)32(29(25)39)30(40)26-21(41-4)13-22(42-5)27(33)28(26)43-32/h7-10,13,15-16,19,39H,11-12,14H2,1-6H3,(H,34,38)/t16-,19?,32+/m1/s1. The molecular formula is C32H34ClN3O8S. The van der Waals surface area contributed by atoms with Crippen molar-refractivity contribution in [1.29, 1.82) is 0 Å². The van der Waals surface area contributed by atoms with Crippen molar-refractivity contribution in [3.8, 4) is 17.2 Å². The third-order valence-electron chi connectivity index (χ3n) is 8.20. The van der Waals surface area contributed by atoms with Gasteiger partial charge in [-0.3, -0.25) is 14.4 Å². The number of Topliss-reactive ketones (excluding diaryl/α,β-unsaturated/α-hetero) is 2. The van der Waals surface area contributed by atoms with Gasteiger partial charge in [0.15, 0.2) is 23.1 Å². The number of allylic oxidation sites excluding steroid dienone is 1. The normalized spacial score (nSPS) is 20.0. The topological polar surface area (TPSA) is 150 Å². The number of nitrogens with zero attached hydrogens (tertiary/aromatic N) is 2. The Balaban J connectivity index is 1.57. The first-order chi connectivity index (χ1) is 21.5. The van der Waals surface area contributed by atoms with Crippen molar-refractivity contribution in [3.05, 3.63) is 69.5 Å². The van der Waals surface area contributed by atoms with Crippen molar-refractivity contribution in [2.24, 2.45) is 5.92 Å². The summed E-state index contributed by atoms with van der Waals surface area (Å²) in [4.78, 5) is 46.6. The molecule has 1 aliphatic carbocycles. The van der Waals surface area contributed by atoms with Crippen LogP contribution in [0.3, 0.4) is 0 Å². The number of halogens is 1. The molecule has 2 aromatic carbocycles. The zero-order valence-electron chi connectivity index (χ0n) is 25.7. The van der Waals surface area contributed by atoms with Crippen LogP contribution < -0.4 is 19.5 Å². The van der Waals surface area contributed by atoms with Crippen LogP contribution in [0, 0.1) is 5.92 Å². The van der Waals surface area contributed by atoms with Gasteiger partial charge >= 0.3 is 0 Å². The van der Waals surface area contributed by atoms with Crippen molar-refractivity contribution in [3.63, 3.8) is 0 Å². The molecule has 1 aliphatic heterocycles. The predicted octanol–water partition coefficient (Wildman–Crippen LogP) is 5.81. The summed E-state index contributed by atoms with van der Waals surface area (Å²) in [6, 6.07) is 8.79. The Morgan fingerprint density at radius 2 is 1.89 bits per heavy atom. The molecule has 2 heterocycles. The first-order valence-corrected chi connectivity index (χ1v) is 15.9. The summed E-state index contributed by atoms with van der Waals surface area (Å²) in [7, 11) is 2.80. The fourth-order valence-electron chi connectivity index (χ4n) is 5.77. The number of aliphatic hydroxyl groups excluding tert-OH is 1. The van der Waals surface area contributed by atoms with Crippen LogP contribution >= 0.6 is 23.4 Å². The number of thioether (sulfide) groups is 1. The molecule has 1 unspecified atom stereocenters. The maximum atomic E-state index is 14.2. The van der Waals surface area contributed by atoms with Crippen LogP contribution in [0.15, 0.2) is 51.1 Å². The van der Waals surface area contributed by atoms with Gasteiger partial charge in [0.1, 0.15) is 22.1 Å². The maximum Gasteiger partial charge on any atom is 0.246 e. The van der Waals surface area contributed by atoms with E-state index in [9.17, 15) is 19.5 Å². The second kappa shape index (κ2) is 12.8. The molecule has 2 aliphatic rings. The number of ether oxygens (including phenoxy) is 3. The summed E-state index contributed by atoms with van der Waals surface area (Å²) in [5.74, 6) is -2.54. The fourth-order valence-corrected chi connectivity index (χ4v) is 6.44. The number of aliphatic hydroxyl groups is 1.